The van der Waals surface area contributed by atoms with Crippen molar-refractivity contribution in [2.24, 2.45) is 5.10 Å². The third-order valence-corrected chi connectivity index (χ3v) is 5.02. The summed E-state index contributed by atoms with van der Waals surface area (Å²) in [5.41, 5.74) is 5.66. The number of esters is 1. The molecule has 4 aromatic carbocycles. The molecule has 33 heavy (non-hydrogen) atoms. The van der Waals surface area contributed by atoms with E-state index in [1.54, 1.807) is 54.7 Å². The third kappa shape index (κ3) is 5.80. The zero-order valence-electron chi connectivity index (χ0n) is 17.8. The second kappa shape index (κ2) is 10.7. The quantitative estimate of drug-likeness (QED) is 0.188. The highest BCUT2D eigenvalue weighted by molar-refractivity contribution is 5.91. The van der Waals surface area contributed by atoms with Crippen LogP contribution in [0.25, 0.3) is 0 Å². The molecule has 0 saturated carbocycles. The minimum atomic E-state index is -0.468. The number of nitrogens with one attached hydrogen (secondary N) is 1. The first kappa shape index (κ1) is 21.7. The lowest BCUT2D eigenvalue weighted by Crippen LogP contribution is -2.26. The number of carbonyl (C=O) groups excluding carboxylic acids is 2. The SMILES string of the molecule is O=C(Oc1ccc(/C=N/NC(=O)C(c2ccccc2)c2ccccc2)cc1)c1ccccc1. The van der Waals surface area contributed by atoms with E-state index in [0.717, 1.165) is 16.7 Å². The molecule has 0 unspecified atom stereocenters. The van der Waals surface area contributed by atoms with Gasteiger partial charge in [-0.1, -0.05) is 78.9 Å². The molecular formula is C28H22N2O3. The van der Waals surface area contributed by atoms with Crippen LogP contribution in [0, 0.1) is 0 Å². The third-order valence-electron chi connectivity index (χ3n) is 5.02. The summed E-state index contributed by atoms with van der Waals surface area (Å²) in [6, 6.07) is 34.9. The van der Waals surface area contributed by atoms with Crippen LogP contribution >= 0.6 is 0 Å². The summed E-state index contributed by atoms with van der Waals surface area (Å²) < 4.78 is 5.37. The monoisotopic (exact) mass is 434 g/mol. The Labute approximate surface area is 192 Å². The van der Waals surface area contributed by atoms with E-state index in [1.165, 1.54) is 0 Å². The number of amides is 1. The van der Waals surface area contributed by atoms with Gasteiger partial charge in [-0.05, 0) is 53.1 Å². The number of rotatable bonds is 7. The number of hydrogen-bond donors (Lipinski definition) is 1. The minimum Gasteiger partial charge on any atom is -0.423 e. The number of nitrogens with zero attached hydrogens (tertiary/aromatic N) is 1. The molecular weight excluding hydrogens is 412 g/mol. The molecule has 0 aliphatic heterocycles. The molecule has 0 spiro atoms. The first-order valence-corrected chi connectivity index (χ1v) is 10.5. The smallest absolute Gasteiger partial charge is 0.343 e. The number of benzene rings is 4. The topological polar surface area (TPSA) is 67.8 Å². The lowest BCUT2D eigenvalue weighted by molar-refractivity contribution is -0.121. The van der Waals surface area contributed by atoms with Crippen molar-refractivity contribution in [2.75, 3.05) is 0 Å². The Kier molecular flexibility index (Phi) is 7.03. The van der Waals surface area contributed by atoms with Crippen LogP contribution in [-0.4, -0.2) is 18.1 Å². The van der Waals surface area contributed by atoms with Crippen LogP contribution in [0.3, 0.4) is 0 Å². The molecule has 1 amide bonds. The average molecular weight is 434 g/mol. The van der Waals surface area contributed by atoms with E-state index in [4.69, 9.17) is 4.74 Å². The van der Waals surface area contributed by atoms with Gasteiger partial charge in [0.15, 0.2) is 0 Å². The average Bonchev–Trinajstić information content (AvgIpc) is 2.87. The van der Waals surface area contributed by atoms with Gasteiger partial charge in [0.2, 0.25) is 0 Å². The number of hydrazone groups is 1. The van der Waals surface area contributed by atoms with E-state index < -0.39 is 11.9 Å². The fourth-order valence-corrected chi connectivity index (χ4v) is 3.38. The molecule has 0 radical (unpaired) electrons. The van der Waals surface area contributed by atoms with Gasteiger partial charge in [0.05, 0.1) is 17.7 Å². The molecule has 5 heteroatoms. The van der Waals surface area contributed by atoms with E-state index in [1.807, 2.05) is 66.7 Å². The highest BCUT2D eigenvalue weighted by Gasteiger charge is 2.22. The molecule has 1 N–H and O–H groups in total. The molecule has 0 aliphatic rings. The summed E-state index contributed by atoms with van der Waals surface area (Å²) >= 11 is 0. The maximum atomic E-state index is 13.0. The van der Waals surface area contributed by atoms with Crippen LogP contribution in [-0.2, 0) is 4.79 Å². The van der Waals surface area contributed by atoms with Crippen molar-refractivity contribution in [3.05, 3.63) is 138 Å². The van der Waals surface area contributed by atoms with Gasteiger partial charge in [-0.3, -0.25) is 4.79 Å². The predicted molar refractivity (Wildman–Crippen MR) is 128 cm³/mol. The molecule has 0 bridgehead atoms. The maximum Gasteiger partial charge on any atom is 0.343 e. The van der Waals surface area contributed by atoms with Gasteiger partial charge in [-0.15, -0.1) is 0 Å². The van der Waals surface area contributed by atoms with Gasteiger partial charge in [0.25, 0.3) is 5.91 Å². The van der Waals surface area contributed by atoms with Gasteiger partial charge in [0, 0.05) is 0 Å². The van der Waals surface area contributed by atoms with E-state index in [2.05, 4.69) is 10.5 Å². The van der Waals surface area contributed by atoms with Gasteiger partial charge in [-0.2, -0.15) is 5.10 Å². The molecule has 0 fully saturated rings. The van der Waals surface area contributed by atoms with E-state index in [9.17, 15) is 9.59 Å². The molecule has 0 saturated heterocycles. The highest BCUT2D eigenvalue weighted by atomic mass is 16.5. The van der Waals surface area contributed by atoms with Crippen molar-refractivity contribution in [1.82, 2.24) is 5.43 Å². The van der Waals surface area contributed by atoms with Crippen LogP contribution < -0.4 is 10.2 Å². The summed E-state index contributed by atoms with van der Waals surface area (Å²) in [7, 11) is 0. The molecule has 4 rings (SSSR count). The standard InChI is InChI=1S/C28H22N2O3/c31-27(26(22-10-4-1-5-11-22)23-12-6-2-7-13-23)30-29-20-21-16-18-25(19-17-21)33-28(32)24-14-8-3-9-15-24/h1-20,26H,(H,30,31)/b29-20+. The van der Waals surface area contributed by atoms with E-state index in [-0.39, 0.29) is 5.91 Å². The summed E-state index contributed by atoms with van der Waals surface area (Å²) in [5, 5.41) is 4.12. The molecule has 0 atom stereocenters. The first-order valence-electron chi connectivity index (χ1n) is 10.5. The van der Waals surface area contributed by atoms with Crippen LogP contribution in [0.2, 0.25) is 0 Å². The lowest BCUT2D eigenvalue weighted by atomic mass is 9.91. The summed E-state index contributed by atoms with van der Waals surface area (Å²) in [6.07, 6.45) is 1.55. The molecule has 0 aliphatic carbocycles. The number of ether oxygens (including phenoxy) is 1. The Hall–Kier alpha value is -4.51. The summed E-state index contributed by atoms with van der Waals surface area (Å²) in [6.45, 7) is 0. The Morgan fingerprint density at radius 3 is 1.76 bits per heavy atom. The summed E-state index contributed by atoms with van der Waals surface area (Å²) in [5.74, 6) is -0.684. The lowest BCUT2D eigenvalue weighted by Gasteiger charge is -2.16. The molecule has 0 aromatic heterocycles. The molecule has 162 valence electrons. The second-order valence-corrected chi connectivity index (χ2v) is 7.31. The van der Waals surface area contributed by atoms with Crippen molar-refractivity contribution in [2.45, 2.75) is 5.92 Å². The Morgan fingerprint density at radius 1 is 0.697 bits per heavy atom. The fourth-order valence-electron chi connectivity index (χ4n) is 3.38. The fraction of sp³-hybridized carbons (Fsp3) is 0.0357. The van der Waals surface area contributed by atoms with Crippen LogP contribution in [0.15, 0.2) is 120 Å². The Bertz CT molecular complexity index is 1180. The van der Waals surface area contributed by atoms with Gasteiger partial charge in [0.1, 0.15) is 5.75 Å². The van der Waals surface area contributed by atoms with Gasteiger partial charge in [-0.25, -0.2) is 10.2 Å². The van der Waals surface area contributed by atoms with Crippen molar-refractivity contribution in [3.8, 4) is 5.75 Å². The number of hydrogen-bond acceptors (Lipinski definition) is 4. The predicted octanol–water partition coefficient (Wildman–Crippen LogP) is 5.19. The summed E-state index contributed by atoms with van der Waals surface area (Å²) in [4.78, 5) is 25.1. The number of carbonyl (C=O) groups is 2. The second-order valence-electron chi connectivity index (χ2n) is 7.31. The Morgan fingerprint density at radius 2 is 1.21 bits per heavy atom. The van der Waals surface area contributed by atoms with Crippen LogP contribution in [0.5, 0.6) is 5.75 Å². The zero-order chi connectivity index (χ0) is 22.9. The largest absolute Gasteiger partial charge is 0.423 e. The van der Waals surface area contributed by atoms with Crippen LogP contribution in [0.1, 0.15) is 33.0 Å². The zero-order valence-corrected chi connectivity index (χ0v) is 17.8. The molecule has 5 nitrogen and oxygen atoms in total. The van der Waals surface area contributed by atoms with Crippen molar-refractivity contribution in [3.63, 3.8) is 0 Å². The van der Waals surface area contributed by atoms with Crippen LogP contribution in [0.4, 0.5) is 0 Å². The van der Waals surface area contributed by atoms with E-state index >= 15 is 0 Å². The molecule has 0 heterocycles. The Balaban J connectivity index is 1.40. The highest BCUT2D eigenvalue weighted by Crippen LogP contribution is 2.24. The van der Waals surface area contributed by atoms with Crippen molar-refractivity contribution in [1.29, 1.82) is 0 Å². The van der Waals surface area contributed by atoms with Crippen molar-refractivity contribution < 1.29 is 14.3 Å². The molecule has 4 aromatic rings. The normalized spacial score (nSPS) is 10.8. The van der Waals surface area contributed by atoms with E-state index in [0.29, 0.717) is 11.3 Å². The minimum absolute atomic E-state index is 0.225. The van der Waals surface area contributed by atoms with Crippen molar-refractivity contribution >= 4 is 18.1 Å². The van der Waals surface area contributed by atoms with Gasteiger partial charge < -0.3 is 4.74 Å². The first-order chi connectivity index (χ1) is 16.2. The van der Waals surface area contributed by atoms with Gasteiger partial charge >= 0.3 is 5.97 Å². The maximum absolute atomic E-state index is 13.0.